The Morgan fingerprint density at radius 1 is 1.29 bits per heavy atom. The van der Waals surface area contributed by atoms with Gasteiger partial charge in [0.2, 0.25) is 0 Å². The molecule has 82 valence electrons. The molecule has 0 aliphatic rings. The SMILES string of the molecule is CCC(=O)CC(CC(C)=O)C(C)(C)O. The highest BCUT2D eigenvalue weighted by molar-refractivity contribution is 5.80. The van der Waals surface area contributed by atoms with Crippen LogP contribution in [0.3, 0.4) is 0 Å². The molecule has 0 spiro atoms. The molecule has 14 heavy (non-hydrogen) atoms. The zero-order chi connectivity index (χ0) is 11.4. The van der Waals surface area contributed by atoms with Gasteiger partial charge in [-0.05, 0) is 20.8 Å². The fourth-order valence-corrected chi connectivity index (χ4v) is 1.34. The molecule has 0 aromatic rings. The predicted octanol–water partition coefficient (Wildman–Crippen LogP) is 1.72. The topological polar surface area (TPSA) is 54.4 Å². The summed E-state index contributed by atoms with van der Waals surface area (Å²) in [6, 6.07) is 0. The zero-order valence-electron chi connectivity index (χ0n) is 9.46. The molecule has 0 radical (unpaired) electrons. The van der Waals surface area contributed by atoms with Crippen LogP contribution in [0.4, 0.5) is 0 Å². The van der Waals surface area contributed by atoms with Crippen molar-refractivity contribution in [2.45, 2.75) is 52.6 Å². The van der Waals surface area contributed by atoms with Crippen molar-refractivity contribution in [1.29, 1.82) is 0 Å². The van der Waals surface area contributed by atoms with E-state index in [9.17, 15) is 14.7 Å². The van der Waals surface area contributed by atoms with Crippen LogP contribution in [0.1, 0.15) is 47.0 Å². The van der Waals surface area contributed by atoms with E-state index in [1.165, 1.54) is 6.92 Å². The van der Waals surface area contributed by atoms with Gasteiger partial charge in [0.05, 0.1) is 5.60 Å². The minimum Gasteiger partial charge on any atom is -0.390 e. The second-order valence-electron chi connectivity index (χ2n) is 4.35. The molecular weight excluding hydrogens is 180 g/mol. The first-order valence-electron chi connectivity index (χ1n) is 5.00. The molecule has 1 unspecified atom stereocenters. The van der Waals surface area contributed by atoms with Gasteiger partial charge in [-0.25, -0.2) is 0 Å². The van der Waals surface area contributed by atoms with Crippen molar-refractivity contribution >= 4 is 11.6 Å². The standard InChI is InChI=1S/C11H20O3/c1-5-10(13)7-9(6-8(2)12)11(3,4)14/h9,14H,5-7H2,1-4H3. The lowest BCUT2D eigenvalue weighted by Crippen LogP contribution is -2.33. The second kappa shape index (κ2) is 5.25. The summed E-state index contributed by atoms with van der Waals surface area (Å²) in [7, 11) is 0. The number of carbonyl (C=O) groups excluding carboxylic acids is 2. The third-order valence-corrected chi connectivity index (χ3v) is 2.40. The normalized spacial score (nSPS) is 13.8. The molecule has 0 saturated heterocycles. The molecule has 3 heteroatoms. The minimum atomic E-state index is -0.962. The summed E-state index contributed by atoms with van der Waals surface area (Å²) < 4.78 is 0. The Kier molecular flexibility index (Phi) is 4.99. The molecule has 3 nitrogen and oxygen atoms in total. The van der Waals surface area contributed by atoms with Gasteiger partial charge in [-0.1, -0.05) is 6.92 Å². The molecule has 1 atom stereocenters. The van der Waals surface area contributed by atoms with E-state index in [2.05, 4.69) is 0 Å². The van der Waals surface area contributed by atoms with Gasteiger partial charge in [0.1, 0.15) is 11.6 Å². The van der Waals surface area contributed by atoms with Crippen molar-refractivity contribution < 1.29 is 14.7 Å². The quantitative estimate of drug-likeness (QED) is 0.710. The van der Waals surface area contributed by atoms with Crippen LogP contribution in [0.25, 0.3) is 0 Å². The predicted molar refractivity (Wildman–Crippen MR) is 55.0 cm³/mol. The summed E-state index contributed by atoms with van der Waals surface area (Å²) >= 11 is 0. The number of hydrogen-bond donors (Lipinski definition) is 1. The van der Waals surface area contributed by atoms with Crippen molar-refractivity contribution in [3.8, 4) is 0 Å². The Balaban J connectivity index is 4.41. The molecule has 0 heterocycles. The molecule has 0 aromatic carbocycles. The first kappa shape index (κ1) is 13.3. The maximum absolute atomic E-state index is 11.2. The summed E-state index contributed by atoms with van der Waals surface area (Å²) in [6.45, 7) is 6.56. The van der Waals surface area contributed by atoms with Crippen LogP contribution in [-0.2, 0) is 9.59 Å². The van der Waals surface area contributed by atoms with Crippen LogP contribution in [0, 0.1) is 5.92 Å². The number of Topliss-reactive ketones (excluding diaryl/α,β-unsaturated/α-hetero) is 2. The molecule has 0 saturated carbocycles. The first-order chi connectivity index (χ1) is 6.27. The Morgan fingerprint density at radius 2 is 1.79 bits per heavy atom. The van der Waals surface area contributed by atoms with E-state index >= 15 is 0 Å². The van der Waals surface area contributed by atoms with Crippen molar-refractivity contribution in [2.75, 3.05) is 0 Å². The van der Waals surface area contributed by atoms with Crippen molar-refractivity contribution in [3.63, 3.8) is 0 Å². The van der Waals surface area contributed by atoms with E-state index in [1.54, 1.807) is 20.8 Å². The van der Waals surface area contributed by atoms with E-state index in [4.69, 9.17) is 0 Å². The largest absolute Gasteiger partial charge is 0.390 e. The number of hydrogen-bond acceptors (Lipinski definition) is 3. The van der Waals surface area contributed by atoms with E-state index in [1.807, 2.05) is 0 Å². The molecule has 0 rings (SSSR count). The Labute approximate surface area is 85.5 Å². The van der Waals surface area contributed by atoms with Gasteiger partial charge in [-0.15, -0.1) is 0 Å². The molecule has 0 amide bonds. The van der Waals surface area contributed by atoms with E-state index < -0.39 is 5.60 Å². The Morgan fingerprint density at radius 3 is 2.07 bits per heavy atom. The molecule has 1 N–H and O–H groups in total. The van der Waals surface area contributed by atoms with Gasteiger partial charge >= 0.3 is 0 Å². The molecule has 0 aromatic heterocycles. The maximum atomic E-state index is 11.2. The van der Waals surface area contributed by atoms with Crippen LogP contribution in [0.15, 0.2) is 0 Å². The summed E-state index contributed by atoms with van der Waals surface area (Å²) in [4.78, 5) is 22.2. The second-order valence-corrected chi connectivity index (χ2v) is 4.35. The lowest BCUT2D eigenvalue weighted by Gasteiger charge is -2.28. The van der Waals surface area contributed by atoms with Crippen molar-refractivity contribution in [1.82, 2.24) is 0 Å². The Bertz CT molecular complexity index is 213. The highest BCUT2D eigenvalue weighted by Gasteiger charge is 2.29. The Hall–Kier alpha value is -0.700. The lowest BCUT2D eigenvalue weighted by molar-refractivity contribution is -0.124. The molecule has 0 fully saturated rings. The molecule has 0 aliphatic heterocycles. The summed E-state index contributed by atoms with van der Waals surface area (Å²) in [6.07, 6.45) is 1.03. The number of ketones is 2. The van der Waals surface area contributed by atoms with Gasteiger partial charge < -0.3 is 9.90 Å². The van der Waals surface area contributed by atoms with Gasteiger partial charge in [0.25, 0.3) is 0 Å². The highest BCUT2D eigenvalue weighted by Crippen LogP contribution is 2.24. The van der Waals surface area contributed by atoms with Crippen LogP contribution < -0.4 is 0 Å². The van der Waals surface area contributed by atoms with Crippen molar-refractivity contribution in [3.05, 3.63) is 0 Å². The van der Waals surface area contributed by atoms with E-state index in [-0.39, 0.29) is 23.9 Å². The van der Waals surface area contributed by atoms with Crippen LogP contribution >= 0.6 is 0 Å². The fraction of sp³-hybridized carbons (Fsp3) is 0.818. The third kappa shape index (κ3) is 5.12. The number of rotatable bonds is 6. The molecule has 0 aliphatic carbocycles. The molecule has 0 bridgehead atoms. The van der Waals surface area contributed by atoms with Crippen LogP contribution in [-0.4, -0.2) is 22.3 Å². The van der Waals surface area contributed by atoms with Gasteiger partial charge in [0.15, 0.2) is 0 Å². The van der Waals surface area contributed by atoms with Gasteiger partial charge in [0, 0.05) is 25.2 Å². The summed E-state index contributed by atoms with van der Waals surface area (Å²) in [5.74, 6) is -0.146. The lowest BCUT2D eigenvalue weighted by atomic mass is 9.83. The van der Waals surface area contributed by atoms with Crippen LogP contribution in [0.5, 0.6) is 0 Å². The zero-order valence-corrected chi connectivity index (χ0v) is 9.46. The average molecular weight is 200 g/mol. The number of aliphatic hydroxyl groups is 1. The van der Waals surface area contributed by atoms with E-state index in [0.29, 0.717) is 12.8 Å². The summed E-state index contributed by atoms with van der Waals surface area (Å²) in [5.41, 5.74) is -0.962. The van der Waals surface area contributed by atoms with Crippen molar-refractivity contribution in [2.24, 2.45) is 5.92 Å². The maximum Gasteiger partial charge on any atom is 0.133 e. The van der Waals surface area contributed by atoms with Gasteiger partial charge in [-0.2, -0.15) is 0 Å². The monoisotopic (exact) mass is 200 g/mol. The molecular formula is C11H20O3. The fourth-order valence-electron chi connectivity index (χ4n) is 1.34. The minimum absolute atomic E-state index is 0.0148. The smallest absolute Gasteiger partial charge is 0.133 e. The van der Waals surface area contributed by atoms with Crippen LogP contribution in [0.2, 0.25) is 0 Å². The van der Waals surface area contributed by atoms with E-state index in [0.717, 1.165) is 0 Å². The highest BCUT2D eigenvalue weighted by atomic mass is 16.3. The summed E-state index contributed by atoms with van der Waals surface area (Å²) in [5, 5.41) is 9.77. The number of carbonyl (C=O) groups is 2. The van der Waals surface area contributed by atoms with Gasteiger partial charge in [-0.3, -0.25) is 4.79 Å². The first-order valence-corrected chi connectivity index (χ1v) is 5.00. The third-order valence-electron chi connectivity index (χ3n) is 2.40. The average Bonchev–Trinajstić information content (AvgIpc) is 2.00.